The Morgan fingerprint density at radius 3 is 2.83 bits per heavy atom. The normalized spacial score (nSPS) is 22.8. The Bertz CT molecular complexity index is 887. The molecule has 3 amide bonds. The molecule has 0 bridgehead atoms. The van der Waals surface area contributed by atoms with Gasteiger partial charge in [-0.2, -0.15) is 0 Å². The van der Waals surface area contributed by atoms with Crippen LogP contribution in [0.15, 0.2) is 24.3 Å². The number of carbonyl (C=O) groups is 3. The fourth-order valence-corrected chi connectivity index (χ4v) is 3.80. The van der Waals surface area contributed by atoms with E-state index in [-0.39, 0.29) is 6.54 Å². The standard InChI is InChI=1S/C17H17N3O4/c1-17-14-11(10-5-3-4-6-12(10)18-14)7-8-20(17)16(23)19(15(17)22)9-13(21)24-2/h3-6,18H,7-9H2,1-2H3. The molecule has 0 saturated carbocycles. The first-order valence-electron chi connectivity index (χ1n) is 7.79. The van der Waals surface area contributed by atoms with Crippen LogP contribution in [0.4, 0.5) is 4.79 Å². The number of amides is 3. The minimum absolute atomic E-state index is 0.365. The van der Waals surface area contributed by atoms with Gasteiger partial charge in [0.1, 0.15) is 6.54 Å². The van der Waals surface area contributed by atoms with Crippen molar-refractivity contribution in [1.82, 2.24) is 14.8 Å². The molecule has 1 unspecified atom stereocenters. The van der Waals surface area contributed by atoms with E-state index in [1.807, 2.05) is 24.3 Å². The molecule has 1 aromatic carbocycles. The summed E-state index contributed by atoms with van der Waals surface area (Å²) in [4.78, 5) is 43.0. The van der Waals surface area contributed by atoms with E-state index in [2.05, 4.69) is 9.72 Å². The van der Waals surface area contributed by atoms with Crippen molar-refractivity contribution in [3.05, 3.63) is 35.5 Å². The average Bonchev–Trinajstić information content (AvgIpc) is 3.05. The van der Waals surface area contributed by atoms with E-state index in [4.69, 9.17) is 0 Å². The van der Waals surface area contributed by atoms with Crippen LogP contribution in [0, 0.1) is 0 Å². The number of para-hydroxylation sites is 1. The highest BCUT2D eigenvalue weighted by Gasteiger charge is 2.58. The molecule has 0 spiro atoms. The first kappa shape index (κ1) is 14.7. The highest BCUT2D eigenvalue weighted by atomic mass is 16.5. The Morgan fingerprint density at radius 2 is 2.08 bits per heavy atom. The lowest BCUT2D eigenvalue weighted by Gasteiger charge is -2.36. The minimum Gasteiger partial charge on any atom is -0.468 e. The van der Waals surface area contributed by atoms with Crippen molar-refractivity contribution in [2.75, 3.05) is 20.2 Å². The number of carbonyl (C=O) groups excluding carboxylic acids is 3. The van der Waals surface area contributed by atoms with E-state index in [0.717, 1.165) is 27.1 Å². The molecule has 124 valence electrons. The van der Waals surface area contributed by atoms with E-state index in [1.165, 1.54) is 12.0 Å². The van der Waals surface area contributed by atoms with Gasteiger partial charge in [-0.05, 0) is 25.0 Å². The SMILES string of the molecule is COC(=O)CN1C(=O)N2CCc3c([nH]c4ccccc34)C2(C)C1=O. The van der Waals surface area contributed by atoms with Crippen molar-refractivity contribution >= 4 is 28.8 Å². The summed E-state index contributed by atoms with van der Waals surface area (Å²) in [5.74, 6) is -1.01. The Hall–Kier alpha value is -2.83. The average molecular weight is 327 g/mol. The van der Waals surface area contributed by atoms with Crippen molar-refractivity contribution in [3.8, 4) is 0 Å². The zero-order chi connectivity index (χ0) is 17.1. The molecular weight excluding hydrogens is 310 g/mol. The predicted molar refractivity (Wildman–Crippen MR) is 85.2 cm³/mol. The van der Waals surface area contributed by atoms with Gasteiger partial charge in [0.05, 0.1) is 12.8 Å². The Morgan fingerprint density at radius 1 is 1.33 bits per heavy atom. The minimum atomic E-state index is -1.11. The fraction of sp³-hybridized carbons (Fsp3) is 0.353. The van der Waals surface area contributed by atoms with Gasteiger partial charge in [0.15, 0.2) is 5.54 Å². The number of rotatable bonds is 2. The number of aromatic amines is 1. The number of nitrogens with zero attached hydrogens (tertiary/aromatic N) is 2. The van der Waals surface area contributed by atoms with Crippen molar-refractivity contribution in [1.29, 1.82) is 0 Å². The number of nitrogens with one attached hydrogen (secondary N) is 1. The van der Waals surface area contributed by atoms with Gasteiger partial charge in [-0.3, -0.25) is 14.5 Å². The Labute approximate surface area is 138 Å². The third-order valence-corrected chi connectivity index (χ3v) is 5.06. The Kier molecular flexibility index (Phi) is 2.97. The number of fused-ring (bicyclic) bond motifs is 5. The van der Waals surface area contributed by atoms with Crippen LogP contribution in [0.1, 0.15) is 18.2 Å². The third kappa shape index (κ3) is 1.69. The van der Waals surface area contributed by atoms with Crippen LogP contribution in [0.5, 0.6) is 0 Å². The third-order valence-electron chi connectivity index (χ3n) is 5.06. The number of esters is 1. The number of H-pyrrole nitrogens is 1. The predicted octanol–water partition coefficient (Wildman–Crippen LogP) is 1.38. The van der Waals surface area contributed by atoms with Crippen LogP contribution in [0.3, 0.4) is 0 Å². The van der Waals surface area contributed by atoms with Gasteiger partial charge in [-0.25, -0.2) is 4.79 Å². The van der Waals surface area contributed by atoms with Crippen LogP contribution in [0.25, 0.3) is 10.9 Å². The van der Waals surface area contributed by atoms with Crippen LogP contribution < -0.4 is 0 Å². The molecule has 1 N–H and O–H groups in total. The summed E-state index contributed by atoms with van der Waals surface area (Å²) in [6, 6.07) is 7.40. The smallest absolute Gasteiger partial charge is 0.328 e. The van der Waals surface area contributed by atoms with E-state index in [1.54, 1.807) is 6.92 Å². The molecule has 2 aromatic rings. The van der Waals surface area contributed by atoms with Gasteiger partial charge in [0.2, 0.25) is 0 Å². The number of methoxy groups -OCH3 is 1. The van der Waals surface area contributed by atoms with Crippen molar-refractivity contribution in [2.45, 2.75) is 18.9 Å². The fourth-order valence-electron chi connectivity index (χ4n) is 3.80. The lowest BCUT2D eigenvalue weighted by Crippen LogP contribution is -2.49. The highest BCUT2D eigenvalue weighted by molar-refractivity contribution is 6.09. The summed E-state index contributed by atoms with van der Waals surface area (Å²) < 4.78 is 4.60. The Balaban J connectivity index is 1.85. The zero-order valence-electron chi connectivity index (χ0n) is 13.5. The first-order chi connectivity index (χ1) is 11.5. The summed E-state index contributed by atoms with van der Waals surface area (Å²) in [6.07, 6.45) is 0.667. The lowest BCUT2D eigenvalue weighted by atomic mass is 9.87. The highest BCUT2D eigenvalue weighted by Crippen LogP contribution is 2.43. The van der Waals surface area contributed by atoms with Crippen LogP contribution >= 0.6 is 0 Å². The van der Waals surface area contributed by atoms with Gasteiger partial charge in [0.25, 0.3) is 5.91 Å². The molecule has 7 nitrogen and oxygen atoms in total. The van der Waals surface area contributed by atoms with Gasteiger partial charge in [-0.1, -0.05) is 18.2 Å². The molecular formula is C17H17N3O4. The molecule has 4 rings (SSSR count). The molecule has 0 radical (unpaired) electrons. The number of benzene rings is 1. The van der Waals surface area contributed by atoms with Gasteiger partial charge < -0.3 is 14.6 Å². The van der Waals surface area contributed by atoms with E-state index < -0.39 is 23.4 Å². The molecule has 1 aromatic heterocycles. The van der Waals surface area contributed by atoms with E-state index in [9.17, 15) is 14.4 Å². The second-order valence-electron chi connectivity index (χ2n) is 6.25. The van der Waals surface area contributed by atoms with Gasteiger partial charge in [0, 0.05) is 17.4 Å². The quantitative estimate of drug-likeness (QED) is 0.667. The van der Waals surface area contributed by atoms with Crippen LogP contribution in [-0.4, -0.2) is 52.9 Å². The second-order valence-corrected chi connectivity index (χ2v) is 6.25. The zero-order valence-corrected chi connectivity index (χ0v) is 13.5. The molecule has 1 saturated heterocycles. The molecule has 24 heavy (non-hydrogen) atoms. The van der Waals surface area contributed by atoms with E-state index >= 15 is 0 Å². The maximum atomic E-state index is 13.0. The van der Waals surface area contributed by atoms with Crippen molar-refractivity contribution in [2.24, 2.45) is 0 Å². The molecule has 1 fully saturated rings. The molecule has 1 atom stereocenters. The maximum absolute atomic E-state index is 13.0. The molecule has 7 heteroatoms. The molecule has 2 aliphatic heterocycles. The number of hydrogen-bond donors (Lipinski definition) is 1. The summed E-state index contributed by atoms with van der Waals surface area (Å²) in [5, 5.41) is 1.07. The molecule has 3 heterocycles. The number of urea groups is 1. The molecule has 0 aliphatic carbocycles. The van der Waals surface area contributed by atoms with Crippen molar-refractivity contribution < 1.29 is 19.1 Å². The summed E-state index contributed by atoms with van der Waals surface area (Å²) in [5.41, 5.74) is 1.63. The monoisotopic (exact) mass is 327 g/mol. The maximum Gasteiger partial charge on any atom is 0.328 e. The number of imide groups is 1. The second kappa shape index (κ2) is 4.83. The van der Waals surface area contributed by atoms with E-state index in [0.29, 0.717) is 13.0 Å². The molecule has 2 aliphatic rings. The number of hydrogen-bond acceptors (Lipinski definition) is 4. The van der Waals surface area contributed by atoms with Gasteiger partial charge >= 0.3 is 12.0 Å². The summed E-state index contributed by atoms with van der Waals surface area (Å²) in [6.45, 7) is 1.81. The largest absolute Gasteiger partial charge is 0.468 e. The van der Waals surface area contributed by atoms with Crippen molar-refractivity contribution in [3.63, 3.8) is 0 Å². The number of aromatic nitrogens is 1. The van der Waals surface area contributed by atoms with Crippen LogP contribution in [-0.2, 0) is 26.3 Å². The summed E-state index contributed by atoms with van der Waals surface area (Å²) >= 11 is 0. The van der Waals surface area contributed by atoms with Gasteiger partial charge in [-0.15, -0.1) is 0 Å². The first-order valence-corrected chi connectivity index (χ1v) is 7.79. The number of ether oxygens (including phenoxy) is 1. The lowest BCUT2D eigenvalue weighted by molar-refractivity contribution is -0.145. The topological polar surface area (TPSA) is 82.7 Å². The van der Waals surface area contributed by atoms with Crippen LogP contribution in [0.2, 0.25) is 0 Å². The summed E-state index contributed by atoms with van der Waals surface area (Å²) in [7, 11) is 1.23.